The van der Waals surface area contributed by atoms with E-state index in [2.05, 4.69) is 6.58 Å². The van der Waals surface area contributed by atoms with Crippen LogP contribution in [0.1, 0.15) is 13.3 Å². The number of carboxylic acid groups (broad SMARTS) is 1. The van der Waals surface area contributed by atoms with Crippen molar-refractivity contribution < 1.29 is 19.4 Å². The molecule has 0 aromatic heterocycles. The predicted octanol–water partition coefficient (Wildman–Crippen LogP) is 0.265. The number of carbonyl (C=O) groups is 2. The van der Waals surface area contributed by atoms with E-state index in [-0.39, 0.29) is 12.5 Å². The lowest BCUT2D eigenvalue weighted by atomic mass is 9.96. The van der Waals surface area contributed by atoms with Crippen molar-refractivity contribution in [2.45, 2.75) is 18.9 Å². The summed E-state index contributed by atoms with van der Waals surface area (Å²) in [5, 5.41) is 8.44. The number of carbonyl (C=O) groups excluding carboxylic acids is 1. The largest absolute Gasteiger partial charge is 0.480 e. The third-order valence-electron chi connectivity index (χ3n) is 2.27. The first-order valence-corrected chi connectivity index (χ1v) is 4.71. The van der Waals surface area contributed by atoms with Crippen molar-refractivity contribution in [3.8, 4) is 0 Å². The Hall–Kier alpha value is -1.36. The Morgan fingerprint density at radius 2 is 2.20 bits per heavy atom. The first-order chi connectivity index (χ1) is 6.97. The Labute approximate surface area is 88.3 Å². The summed E-state index contributed by atoms with van der Waals surface area (Å²) < 4.78 is 5.17. The number of ether oxygens (including phenoxy) is 1. The molecule has 1 amide bonds. The van der Waals surface area contributed by atoms with Gasteiger partial charge in [0.25, 0.3) is 0 Å². The average molecular weight is 213 g/mol. The number of rotatable bonds is 5. The van der Waals surface area contributed by atoms with E-state index in [9.17, 15) is 9.59 Å². The van der Waals surface area contributed by atoms with Crippen molar-refractivity contribution in [3.05, 3.63) is 12.7 Å². The maximum atomic E-state index is 11.3. The Balaban J connectivity index is 2.31. The fraction of sp³-hybridized carbons (Fsp3) is 0.600. The van der Waals surface area contributed by atoms with Gasteiger partial charge in [0.15, 0.2) is 0 Å². The zero-order chi connectivity index (χ0) is 11.5. The second kappa shape index (κ2) is 4.44. The van der Waals surface area contributed by atoms with Gasteiger partial charge in [0, 0.05) is 6.42 Å². The highest BCUT2D eigenvalue weighted by molar-refractivity contribution is 5.78. The molecule has 5 heteroatoms. The Morgan fingerprint density at radius 1 is 1.60 bits per heavy atom. The molecule has 0 aromatic carbocycles. The van der Waals surface area contributed by atoms with Gasteiger partial charge in [-0.1, -0.05) is 6.08 Å². The van der Waals surface area contributed by atoms with E-state index in [1.807, 2.05) is 0 Å². The molecule has 1 N–H and O–H groups in total. The minimum Gasteiger partial charge on any atom is -0.480 e. The normalized spacial score (nSPS) is 18.1. The molecule has 1 heterocycles. The Kier molecular flexibility index (Phi) is 3.47. The summed E-state index contributed by atoms with van der Waals surface area (Å²) in [5.41, 5.74) is -0.505. The van der Waals surface area contributed by atoms with Crippen molar-refractivity contribution in [2.75, 3.05) is 19.7 Å². The molecule has 1 fully saturated rings. The number of likely N-dealkylation sites (tertiary alicyclic amines) is 1. The number of amides is 1. The topological polar surface area (TPSA) is 66.8 Å². The van der Waals surface area contributed by atoms with Crippen LogP contribution in [0.25, 0.3) is 0 Å². The van der Waals surface area contributed by atoms with Crippen molar-refractivity contribution >= 4 is 11.9 Å². The molecule has 0 spiro atoms. The minimum absolute atomic E-state index is 0.00130. The highest BCUT2D eigenvalue weighted by Gasteiger charge is 2.42. The maximum absolute atomic E-state index is 11.3. The van der Waals surface area contributed by atoms with Crippen LogP contribution in [0.15, 0.2) is 12.7 Å². The maximum Gasteiger partial charge on any atom is 0.329 e. The molecule has 0 atom stereocenters. The first kappa shape index (κ1) is 11.7. The van der Waals surface area contributed by atoms with Gasteiger partial charge in [-0.25, -0.2) is 4.79 Å². The van der Waals surface area contributed by atoms with Crippen LogP contribution in [-0.4, -0.2) is 47.2 Å². The number of aliphatic carboxylic acids is 1. The van der Waals surface area contributed by atoms with E-state index < -0.39 is 11.6 Å². The van der Waals surface area contributed by atoms with Crippen LogP contribution < -0.4 is 0 Å². The molecule has 1 saturated heterocycles. The third-order valence-corrected chi connectivity index (χ3v) is 2.27. The molecule has 0 unspecified atom stereocenters. The number of nitrogens with zero attached hydrogens (tertiary/aromatic N) is 1. The molecule has 0 saturated carbocycles. The lowest BCUT2D eigenvalue weighted by Crippen LogP contribution is -2.63. The zero-order valence-electron chi connectivity index (χ0n) is 8.73. The van der Waals surface area contributed by atoms with Gasteiger partial charge < -0.3 is 14.7 Å². The van der Waals surface area contributed by atoms with Crippen LogP contribution in [0, 0.1) is 0 Å². The van der Waals surface area contributed by atoms with Crippen LogP contribution in [0.3, 0.4) is 0 Å². The molecular formula is C10H15NO4. The summed E-state index contributed by atoms with van der Waals surface area (Å²) in [6, 6.07) is 0. The third kappa shape index (κ3) is 3.06. The number of hydrogen-bond donors (Lipinski definition) is 1. The summed E-state index contributed by atoms with van der Waals surface area (Å²) >= 11 is 0. The van der Waals surface area contributed by atoms with Crippen molar-refractivity contribution in [1.82, 2.24) is 4.90 Å². The van der Waals surface area contributed by atoms with Gasteiger partial charge >= 0.3 is 5.97 Å². The number of carboxylic acids is 1. The van der Waals surface area contributed by atoms with Crippen molar-refractivity contribution in [3.63, 3.8) is 0 Å². The van der Waals surface area contributed by atoms with E-state index >= 15 is 0 Å². The molecular weight excluding hydrogens is 198 g/mol. The molecule has 0 aromatic rings. The number of hydrogen-bond acceptors (Lipinski definition) is 3. The average Bonchev–Trinajstić information content (AvgIpc) is 2.10. The molecule has 1 rings (SSSR count). The SMILES string of the molecule is C=CCC(=O)N1CC(C)(OCC(=O)O)C1. The van der Waals surface area contributed by atoms with Gasteiger partial charge in [0.05, 0.1) is 13.1 Å². The standard InChI is InChI=1S/C10H15NO4/c1-3-4-8(12)11-6-10(2,7-11)15-5-9(13)14/h3H,1,4-7H2,2H3,(H,13,14). The second-order valence-corrected chi connectivity index (χ2v) is 3.87. The summed E-state index contributed by atoms with van der Waals surface area (Å²) in [4.78, 5) is 23.2. The molecule has 0 aliphatic carbocycles. The Bertz CT molecular complexity index is 281. The molecule has 1 aliphatic heterocycles. The van der Waals surface area contributed by atoms with E-state index in [0.29, 0.717) is 19.5 Å². The summed E-state index contributed by atoms with van der Waals surface area (Å²) in [6.45, 7) is 5.86. The predicted molar refractivity (Wildman–Crippen MR) is 53.4 cm³/mol. The quantitative estimate of drug-likeness (QED) is 0.665. The molecule has 5 nitrogen and oxygen atoms in total. The van der Waals surface area contributed by atoms with Crippen LogP contribution >= 0.6 is 0 Å². The fourth-order valence-corrected chi connectivity index (χ4v) is 1.52. The highest BCUT2D eigenvalue weighted by atomic mass is 16.5. The van der Waals surface area contributed by atoms with Crippen molar-refractivity contribution in [1.29, 1.82) is 0 Å². The minimum atomic E-state index is -0.993. The molecule has 15 heavy (non-hydrogen) atoms. The van der Waals surface area contributed by atoms with Gasteiger partial charge in [-0.2, -0.15) is 0 Å². The summed E-state index contributed by atoms with van der Waals surface area (Å²) in [6.07, 6.45) is 1.87. The van der Waals surface area contributed by atoms with Gasteiger partial charge in [-0.15, -0.1) is 6.58 Å². The fourth-order valence-electron chi connectivity index (χ4n) is 1.52. The van der Waals surface area contributed by atoms with Crippen LogP contribution in [0.2, 0.25) is 0 Å². The molecule has 1 aliphatic rings. The van der Waals surface area contributed by atoms with Crippen LogP contribution in [-0.2, 0) is 14.3 Å². The monoisotopic (exact) mass is 213 g/mol. The lowest BCUT2D eigenvalue weighted by molar-refractivity contribution is -0.172. The molecule has 0 radical (unpaired) electrons. The van der Waals surface area contributed by atoms with Gasteiger partial charge in [0.2, 0.25) is 5.91 Å². The summed E-state index contributed by atoms with van der Waals surface area (Å²) in [7, 11) is 0. The zero-order valence-corrected chi connectivity index (χ0v) is 8.73. The van der Waals surface area contributed by atoms with Crippen molar-refractivity contribution in [2.24, 2.45) is 0 Å². The molecule has 0 bridgehead atoms. The smallest absolute Gasteiger partial charge is 0.329 e. The van der Waals surface area contributed by atoms with E-state index in [1.165, 1.54) is 0 Å². The van der Waals surface area contributed by atoms with E-state index in [1.54, 1.807) is 17.9 Å². The van der Waals surface area contributed by atoms with E-state index in [0.717, 1.165) is 0 Å². The van der Waals surface area contributed by atoms with Gasteiger partial charge in [-0.3, -0.25) is 4.79 Å². The first-order valence-electron chi connectivity index (χ1n) is 4.71. The lowest BCUT2D eigenvalue weighted by Gasteiger charge is -2.47. The van der Waals surface area contributed by atoms with E-state index in [4.69, 9.17) is 9.84 Å². The highest BCUT2D eigenvalue weighted by Crippen LogP contribution is 2.25. The summed E-state index contributed by atoms with van der Waals surface area (Å²) in [5.74, 6) is -0.992. The van der Waals surface area contributed by atoms with Gasteiger partial charge in [-0.05, 0) is 6.92 Å². The second-order valence-electron chi connectivity index (χ2n) is 3.87. The Morgan fingerprint density at radius 3 is 2.67 bits per heavy atom. The van der Waals surface area contributed by atoms with Gasteiger partial charge in [0.1, 0.15) is 12.2 Å². The molecule has 84 valence electrons. The van der Waals surface area contributed by atoms with Crippen LogP contribution in [0.4, 0.5) is 0 Å². The van der Waals surface area contributed by atoms with Crippen LogP contribution in [0.5, 0.6) is 0 Å².